The minimum Gasteiger partial charge on any atom is -0.462 e. The summed E-state index contributed by atoms with van der Waals surface area (Å²) in [6.07, 6.45) is 32.4. The molecule has 0 aliphatic rings. The van der Waals surface area contributed by atoms with Crippen LogP contribution in [-0.4, -0.2) is 37.2 Å². The van der Waals surface area contributed by atoms with Crippen molar-refractivity contribution < 1.29 is 28.6 Å². The molecule has 0 amide bonds. The summed E-state index contributed by atoms with van der Waals surface area (Å²) in [4.78, 5) is 37.3. The Morgan fingerprint density at radius 1 is 0.404 bits per heavy atom. The Kier molecular flexibility index (Phi) is 34.5. The van der Waals surface area contributed by atoms with E-state index in [4.69, 9.17) is 14.2 Å². The van der Waals surface area contributed by atoms with Crippen molar-refractivity contribution in [3.05, 3.63) is 0 Å². The average molecular weight is 667 g/mol. The highest BCUT2D eigenvalue weighted by atomic mass is 16.6. The largest absolute Gasteiger partial charge is 0.462 e. The minimum absolute atomic E-state index is 0.0653. The van der Waals surface area contributed by atoms with Crippen molar-refractivity contribution in [1.29, 1.82) is 0 Å². The molecule has 0 unspecified atom stereocenters. The van der Waals surface area contributed by atoms with Gasteiger partial charge in [0.15, 0.2) is 6.10 Å². The van der Waals surface area contributed by atoms with Crippen LogP contribution >= 0.6 is 0 Å². The van der Waals surface area contributed by atoms with Crippen LogP contribution in [0.4, 0.5) is 0 Å². The molecule has 1 atom stereocenters. The van der Waals surface area contributed by atoms with Crippen molar-refractivity contribution in [3.8, 4) is 0 Å². The molecule has 0 saturated heterocycles. The highest BCUT2D eigenvalue weighted by molar-refractivity contribution is 5.71. The molecule has 0 spiro atoms. The third-order valence-corrected chi connectivity index (χ3v) is 9.04. The van der Waals surface area contributed by atoms with Crippen LogP contribution in [0.5, 0.6) is 0 Å². The van der Waals surface area contributed by atoms with Crippen LogP contribution in [-0.2, 0) is 28.6 Å². The average Bonchev–Trinajstić information content (AvgIpc) is 3.05. The molecule has 0 aliphatic carbocycles. The maximum atomic E-state index is 12.6. The van der Waals surface area contributed by atoms with Gasteiger partial charge < -0.3 is 14.2 Å². The van der Waals surface area contributed by atoms with Crippen molar-refractivity contribution >= 4 is 17.9 Å². The van der Waals surface area contributed by atoms with E-state index in [1.807, 2.05) is 0 Å². The maximum absolute atomic E-state index is 12.6. The van der Waals surface area contributed by atoms with Gasteiger partial charge in [-0.15, -0.1) is 0 Å². The number of rotatable bonds is 36. The molecule has 0 fully saturated rings. The second-order valence-electron chi connectivity index (χ2n) is 14.4. The normalized spacial score (nSPS) is 11.9. The van der Waals surface area contributed by atoms with Crippen LogP contribution in [0, 0.1) is 5.92 Å². The van der Waals surface area contributed by atoms with Gasteiger partial charge in [-0.2, -0.15) is 0 Å². The number of hydrogen-bond donors (Lipinski definition) is 0. The lowest BCUT2D eigenvalue weighted by atomic mass is 10.0. The molecular weight excluding hydrogens is 588 g/mol. The molecule has 0 aromatic heterocycles. The molecule has 278 valence electrons. The van der Waals surface area contributed by atoms with Crippen molar-refractivity contribution in [1.82, 2.24) is 0 Å². The molecule has 0 rings (SSSR count). The first-order valence-corrected chi connectivity index (χ1v) is 20.4. The molecule has 0 heterocycles. The molecule has 0 bridgehead atoms. The standard InChI is InChI=1S/C41H78O6/c1-5-7-9-11-13-16-22-26-30-34-41(44)47-38(35-45-39(42)32-28-24-19-12-10-8-6-2)36-46-40(43)33-29-25-21-18-15-14-17-20-23-27-31-37(3)4/h37-38H,5-36H2,1-4H3/t38-/m0/s1. The maximum Gasteiger partial charge on any atom is 0.306 e. The van der Waals surface area contributed by atoms with Crippen LogP contribution in [0.25, 0.3) is 0 Å². The van der Waals surface area contributed by atoms with E-state index in [1.54, 1.807) is 0 Å². The van der Waals surface area contributed by atoms with Gasteiger partial charge >= 0.3 is 17.9 Å². The molecule has 6 heteroatoms. The van der Waals surface area contributed by atoms with E-state index < -0.39 is 6.10 Å². The van der Waals surface area contributed by atoms with Crippen molar-refractivity contribution in [3.63, 3.8) is 0 Å². The highest BCUT2D eigenvalue weighted by Gasteiger charge is 2.19. The molecule has 0 saturated carbocycles. The summed E-state index contributed by atoms with van der Waals surface area (Å²) in [7, 11) is 0. The topological polar surface area (TPSA) is 78.9 Å². The number of carbonyl (C=O) groups excluding carboxylic acids is 3. The number of carbonyl (C=O) groups is 3. The monoisotopic (exact) mass is 667 g/mol. The third kappa shape index (κ3) is 35.5. The zero-order chi connectivity index (χ0) is 34.6. The van der Waals surface area contributed by atoms with Crippen LogP contribution in [0.1, 0.15) is 220 Å². The Morgan fingerprint density at radius 2 is 0.702 bits per heavy atom. The van der Waals surface area contributed by atoms with E-state index in [1.165, 1.54) is 116 Å². The number of unbranched alkanes of at least 4 members (excludes halogenated alkanes) is 23. The summed E-state index contributed by atoms with van der Waals surface area (Å²) >= 11 is 0. The Labute approximate surface area is 291 Å². The van der Waals surface area contributed by atoms with Crippen LogP contribution in [0.3, 0.4) is 0 Å². The number of hydrogen-bond acceptors (Lipinski definition) is 6. The summed E-state index contributed by atoms with van der Waals surface area (Å²) in [6.45, 7) is 8.90. The van der Waals surface area contributed by atoms with Gasteiger partial charge in [-0.05, 0) is 25.2 Å². The molecule has 0 N–H and O–H groups in total. The van der Waals surface area contributed by atoms with Gasteiger partial charge in [-0.3, -0.25) is 14.4 Å². The summed E-state index contributed by atoms with van der Waals surface area (Å²) in [6, 6.07) is 0. The predicted molar refractivity (Wildman–Crippen MR) is 196 cm³/mol. The van der Waals surface area contributed by atoms with E-state index in [-0.39, 0.29) is 31.1 Å². The van der Waals surface area contributed by atoms with E-state index >= 15 is 0 Å². The molecule has 0 aromatic rings. The summed E-state index contributed by atoms with van der Waals surface area (Å²) < 4.78 is 16.6. The predicted octanol–water partition coefficient (Wildman–Crippen LogP) is 12.4. The molecule has 0 radical (unpaired) electrons. The smallest absolute Gasteiger partial charge is 0.306 e. The first-order valence-electron chi connectivity index (χ1n) is 20.4. The van der Waals surface area contributed by atoms with Crippen LogP contribution in [0.2, 0.25) is 0 Å². The second-order valence-corrected chi connectivity index (χ2v) is 14.4. The quantitative estimate of drug-likeness (QED) is 0.0376. The van der Waals surface area contributed by atoms with E-state index in [9.17, 15) is 14.4 Å². The van der Waals surface area contributed by atoms with Gasteiger partial charge in [0.25, 0.3) is 0 Å². The zero-order valence-corrected chi connectivity index (χ0v) is 31.7. The fourth-order valence-corrected chi connectivity index (χ4v) is 5.92. The second kappa shape index (κ2) is 35.7. The van der Waals surface area contributed by atoms with Crippen molar-refractivity contribution in [2.24, 2.45) is 5.92 Å². The first-order chi connectivity index (χ1) is 22.9. The summed E-state index contributed by atoms with van der Waals surface area (Å²) in [5, 5.41) is 0. The lowest BCUT2D eigenvalue weighted by Crippen LogP contribution is -2.30. The van der Waals surface area contributed by atoms with E-state index in [2.05, 4.69) is 27.7 Å². The zero-order valence-electron chi connectivity index (χ0n) is 31.7. The lowest BCUT2D eigenvalue weighted by molar-refractivity contribution is -0.167. The first kappa shape index (κ1) is 45.4. The van der Waals surface area contributed by atoms with Crippen LogP contribution in [0.15, 0.2) is 0 Å². The molecular formula is C41H78O6. The van der Waals surface area contributed by atoms with Crippen molar-refractivity contribution in [2.75, 3.05) is 13.2 Å². The van der Waals surface area contributed by atoms with Crippen molar-refractivity contribution in [2.45, 2.75) is 226 Å². The Morgan fingerprint density at radius 3 is 1.04 bits per heavy atom. The highest BCUT2D eigenvalue weighted by Crippen LogP contribution is 2.15. The van der Waals surface area contributed by atoms with Gasteiger partial charge in [0, 0.05) is 19.3 Å². The van der Waals surface area contributed by atoms with Gasteiger partial charge in [0.2, 0.25) is 0 Å². The van der Waals surface area contributed by atoms with Gasteiger partial charge in [0.05, 0.1) is 0 Å². The Hall–Kier alpha value is -1.59. The SMILES string of the molecule is CCCCCCCCCCCC(=O)O[C@@H](COC(=O)CCCCCCCCC)COC(=O)CCCCCCCCCCCCC(C)C. The minimum atomic E-state index is -0.756. The molecule has 47 heavy (non-hydrogen) atoms. The summed E-state index contributed by atoms with van der Waals surface area (Å²) in [5.74, 6) is -0.0519. The third-order valence-electron chi connectivity index (χ3n) is 9.04. The van der Waals surface area contributed by atoms with Gasteiger partial charge in [-0.25, -0.2) is 0 Å². The van der Waals surface area contributed by atoms with Gasteiger partial charge in [0.1, 0.15) is 13.2 Å². The summed E-state index contributed by atoms with van der Waals surface area (Å²) in [5.41, 5.74) is 0. The Balaban J connectivity index is 4.28. The number of esters is 3. The fourth-order valence-electron chi connectivity index (χ4n) is 5.92. The Bertz CT molecular complexity index is 706. The van der Waals surface area contributed by atoms with Gasteiger partial charge in [-0.1, -0.05) is 182 Å². The molecule has 0 aliphatic heterocycles. The molecule has 6 nitrogen and oxygen atoms in total. The van der Waals surface area contributed by atoms with Crippen LogP contribution < -0.4 is 0 Å². The fraction of sp³-hybridized carbons (Fsp3) is 0.927. The van der Waals surface area contributed by atoms with E-state index in [0.717, 1.165) is 63.7 Å². The lowest BCUT2D eigenvalue weighted by Gasteiger charge is -2.18. The molecule has 0 aromatic carbocycles. The van der Waals surface area contributed by atoms with E-state index in [0.29, 0.717) is 19.3 Å². The number of ether oxygens (including phenoxy) is 3.